The van der Waals surface area contributed by atoms with Gasteiger partial charge >= 0.3 is 5.97 Å². The molecule has 0 bridgehead atoms. The van der Waals surface area contributed by atoms with Crippen LogP contribution in [0.15, 0.2) is 24.3 Å². The Bertz CT molecular complexity index is 688. The standard InChI is InChI=1S/C15H17N3O4/c1-9-6-12(18-15(17-9)16-8-14(19)20)11-7-10(21-2)4-5-13(11)22-3/h4-7H,8H2,1-3H3,(H,19,20)(H,16,17,18). The van der Waals surface area contributed by atoms with Crippen LogP contribution in [0.25, 0.3) is 11.3 Å². The number of hydrogen-bond donors (Lipinski definition) is 2. The molecular weight excluding hydrogens is 286 g/mol. The number of aromatic nitrogens is 2. The molecular formula is C15H17N3O4. The van der Waals surface area contributed by atoms with Crippen LogP contribution in [0.2, 0.25) is 0 Å². The zero-order valence-electron chi connectivity index (χ0n) is 12.6. The van der Waals surface area contributed by atoms with Gasteiger partial charge in [-0.1, -0.05) is 0 Å². The monoisotopic (exact) mass is 303 g/mol. The Morgan fingerprint density at radius 2 is 2.00 bits per heavy atom. The lowest BCUT2D eigenvalue weighted by Crippen LogP contribution is -2.14. The average Bonchev–Trinajstić information content (AvgIpc) is 2.51. The predicted octanol–water partition coefficient (Wildman–Crippen LogP) is 1.97. The molecule has 1 heterocycles. The van der Waals surface area contributed by atoms with Gasteiger partial charge in [0.05, 0.1) is 19.9 Å². The van der Waals surface area contributed by atoms with E-state index >= 15 is 0 Å². The van der Waals surface area contributed by atoms with Gasteiger partial charge in [0, 0.05) is 11.3 Å². The van der Waals surface area contributed by atoms with Crippen molar-refractivity contribution in [2.24, 2.45) is 0 Å². The van der Waals surface area contributed by atoms with Gasteiger partial charge in [0.25, 0.3) is 0 Å². The first-order chi connectivity index (χ1) is 10.5. The van der Waals surface area contributed by atoms with E-state index in [-0.39, 0.29) is 12.5 Å². The number of methoxy groups -OCH3 is 2. The highest BCUT2D eigenvalue weighted by atomic mass is 16.5. The number of rotatable bonds is 6. The van der Waals surface area contributed by atoms with Crippen molar-refractivity contribution in [3.63, 3.8) is 0 Å². The maximum Gasteiger partial charge on any atom is 0.322 e. The highest BCUT2D eigenvalue weighted by Gasteiger charge is 2.12. The molecule has 2 N–H and O–H groups in total. The van der Waals surface area contributed by atoms with Gasteiger partial charge in [0.15, 0.2) is 0 Å². The third kappa shape index (κ3) is 3.63. The Hall–Kier alpha value is -2.83. The van der Waals surface area contributed by atoms with Crippen molar-refractivity contribution in [2.75, 3.05) is 26.1 Å². The van der Waals surface area contributed by atoms with E-state index in [9.17, 15) is 4.79 Å². The minimum absolute atomic E-state index is 0.252. The minimum atomic E-state index is -0.981. The summed E-state index contributed by atoms with van der Waals surface area (Å²) in [5.74, 6) is 0.586. The molecule has 116 valence electrons. The summed E-state index contributed by atoms with van der Waals surface area (Å²) in [4.78, 5) is 19.2. The van der Waals surface area contributed by atoms with Gasteiger partial charge in [-0.05, 0) is 31.2 Å². The van der Waals surface area contributed by atoms with E-state index in [1.54, 1.807) is 32.4 Å². The quantitative estimate of drug-likeness (QED) is 0.842. The van der Waals surface area contributed by atoms with Crippen LogP contribution in [0.5, 0.6) is 11.5 Å². The number of nitrogens with zero attached hydrogens (tertiary/aromatic N) is 2. The summed E-state index contributed by atoms with van der Waals surface area (Å²) in [5, 5.41) is 11.4. The molecule has 22 heavy (non-hydrogen) atoms. The van der Waals surface area contributed by atoms with Crippen molar-refractivity contribution < 1.29 is 19.4 Å². The van der Waals surface area contributed by atoms with Gasteiger partial charge in [-0.2, -0.15) is 0 Å². The number of ether oxygens (including phenoxy) is 2. The van der Waals surface area contributed by atoms with Crippen molar-refractivity contribution in [2.45, 2.75) is 6.92 Å². The summed E-state index contributed by atoms with van der Waals surface area (Å²) in [5.41, 5.74) is 2.07. The number of carboxylic acids is 1. The highest BCUT2D eigenvalue weighted by Crippen LogP contribution is 2.32. The smallest absolute Gasteiger partial charge is 0.322 e. The number of aryl methyl sites for hydroxylation is 1. The second-order valence-electron chi connectivity index (χ2n) is 4.53. The zero-order chi connectivity index (χ0) is 16.1. The molecule has 7 nitrogen and oxygen atoms in total. The number of nitrogens with one attached hydrogen (secondary N) is 1. The Balaban J connectivity index is 2.45. The van der Waals surface area contributed by atoms with Crippen LogP contribution >= 0.6 is 0 Å². The van der Waals surface area contributed by atoms with E-state index in [1.807, 2.05) is 13.0 Å². The fourth-order valence-electron chi connectivity index (χ4n) is 1.95. The molecule has 2 aromatic rings. The molecule has 1 aromatic carbocycles. The fraction of sp³-hybridized carbons (Fsp3) is 0.267. The van der Waals surface area contributed by atoms with Gasteiger partial charge in [-0.15, -0.1) is 0 Å². The summed E-state index contributed by atoms with van der Waals surface area (Å²) in [7, 11) is 3.15. The van der Waals surface area contributed by atoms with E-state index in [0.717, 1.165) is 5.56 Å². The van der Waals surface area contributed by atoms with Gasteiger partial charge in [-0.3, -0.25) is 4.79 Å². The molecule has 2 rings (SSSR count). The average molecular weight is 303 g/mol. The normalized spacial score (nSPS) is 10.1. The molecule has 0 aliphatic heterocycles. The van der Waals surface area contributed by atoms with E-state index in [2.05, 4.69) is 15.3 Å². The molecule has 0 spiro atoms. The van der Waals surface area contributed by atoms with E-state index in [1.165, 1.54) is 0 Å². The lowest BCUT2D eigenvalue weighted by atomic mass is 10.1. The van der Waals surface area contributed by atoms with Crippen LogP contribution in [0.4, 0.5) is 5.95 Å². The lowest BCUT2D eigenvalue weighted by Gasteiger charge is -2.12. The molecule has 0 aliphatic carbocycles. The maximum atomic E-state index is 10.6. The maximum absolute atomic E-state index is 10.6. The van der Waals surface area contributed by atoms with Crippen LogP contribution in [0.3, 0.4) is 0 Å². The van der Waals surface area contributed by atoms with Gasteiger partial charge in [0.2, 0.25) is 5.95 Å². The largest absolute Gasteiger partial charge is 0.497 e. The van der Waals surface area contributed by atoms with Crippen molar-refractivity contribution in [3.05, 3.63) is 30.0 Å². The zero-order valence-corrected chi connectivity index (χ0v) is 12.6. The Morgan fingerprint density at radius 1 is 1.23 bits per heavy atom. The van der Waals surface area contributed by atoms with Gasteiger partial charge in [0.1, 0.15) is 18.0 Å². The Kier molecular flexibility index (Phi) is 4.77. The second kappa shape index (κ2) is 6.75. The number of hydrogen-bond acceptors (Lipinski definition) is 6. The topological polar surface area (TPSA) is 93.6 Å². The van der Waals surface area contributed by atoms with E-state index < -0.39 is 5.97 Å². The third-order valence-electron chi connectivity index (χ3n) is 2.93. The number of anilines is 1. The molecule has 0 fully saturated rings. The lowest BCUT2D eigenvalue weighted by molar-refractivity contribution is -0.134. The molecule has 7 heteroatoms. The molecule has 0 unspecified atom stereocenters. The van der Waals surface area contributed by atoms with Crippen molar-refractivity contribution in [1.82, 2.24) is 9.97 Å². The second-order valence-corrected chi connectivity index (χ2v) is 4.53. The number of carbonyl (C=O) groups is 1. The fourth-order valence-corrected chi connectivity index (χ4v) is 1.95. The molecule has 0 saturated heterocycles. The summed E-state index contributed by atoms with van der Waals surface area (Å²) < 4.78 is 10.6. The summed E-state index contributed by atoms with van der Waals surface area (Å²) >= 11 is 0. The number of benzene rings is 1. The van der Waals surface area contributed by atoms with Crippen molar-refractivity contribution in [1.29, 1.82) is 0 Å². The van der Waals surface area contributed by atoms with Crippen molar-refractivity contribution >= 4 is 11.9 Å². The van der Waals surface area contributed by atoms with Crippen LogP contribution in [0.1, 0.15) is 5.69 Å². The summed E-state index contributed by atoms with van der Waals surface area (Å²) in [6, 6.07) is 7.18. The van der Waals surface area contributed by atoms with Crippen LogP contribution in [-0.4, -0.2) is 41.8 Å². The van der Waals surface area contributed by atoms with Crippen LogP contribution in [-0.2, 0) is 4.79 Å². The summed E-state index contributed by atoms with van der Waals surface area (Å²) in [6.45, 7) is 1.56. The Morgan fingerprint density at radius 3 is 2.64 bits per heavy atom. The predicted molar refractivity (Wildman–Crippen MR) is 81.4 cm³/mol. The van der Waals surface area contributed by atoms with Crippen LogP contribution in [0, 0.1) is 6.92 Å². The van der Waals surface area contributed by atoms with E-state index in [0.29, 0.717) is 22.9 Å². The molecule has 0 saturated carbocycles. The molecule has 1 aromatic heterocycles. The minimum Gasteiger partial charge on any atom is -0.497 e. The summed E-state index contributed by atoms with van der Waals surface area (Å²) in [6.07, 6.45) is 0. The van der Waals surface area contributed by atoms with Crippen LogP contribution < -0.4 is 14.8 Å². The Labute approximate surface area is 127 Å². The third-order valence-corrected chi connectivity index (χ3v) is 2.93. The number of carboxylic acid groups (broad SMARTS) is 1. The van der Waals surface area contributed by atoms with Crippen molar-refractivity contribution in [3.8, 4) is 22.8 Å². The first kappa shape index (κ1) is 15.6. The molecule has 0 aliphatic rings. The highest BCUT2D eigenvalue weighted by molar-refractivity contribution is 5.73. The SMILES string of the molecule is COc1ccc(OC)c(-c2cc(C)nc(NCC(=O)O)n2)c1. The first-order valence-electron chi connectivity index (χ1n) is 6.57. The number of aliphatic carboxylic acids is 1. The van der Waals surface area contributed by atoms with Gasteiger partial charge in [-0.25, -0.2) is 9.97 Å². The molecule has 0 radical (unpaired) electrons. The molecule has 0 atom stereocenters. The first-order valence-corrected chi connectivity index (χ1v) is 6.57. The van der Waals surface area contributed by atoms with Gasteiger partial charge < -0.3 is 19.9 Å². The molecule has 0 amide bonds. The van der Waals surface area contributed by atoms with E-state index in [4.69, 9.17) is 14.6 Å².